The molecule has 150 valence electrons. The van der Waals surface area contributed by atoms with Crippen molar-refractivity contribution in [2.24, 2.45) is 0 Å². The SMILES string of the molecule is CC(=O)N(CC1CN(c2ccc(N3CCOCC3)c(F)c2)CO1)C(C)(C)C. The summed E-state index contributed by atoms with van der Waals surface area (Å²) in [6.45, 7) is 11.9. The maximum Gasteiger partial charge on any atom is 0.219 e. The second-order valence-electron chi connectivity index (χ2n) is 8.18. The van der Waals surface area contributed by atoms with E-state index in [1.165, 1.54) is 0 Å². The average Bonchev–Trinajstić information content (AvgIpc) is 3.08. The van der Waals surface area contributed by atoms with Crippen molar-refractivity contribution in [2.45, 2.75) is 39.3 Å². The summed E-state index contributed by atoms with van der Waals surface area (Å²) in [5, 5.41) is 0. The van der Waals surface area contributed by atoms with Crippen molar-refractivity contribution in [2.75, 3.05) is 55.9 Å². The Morgan fingerprint density at radius 2 is 1.96 bits per heavy atom. The van der Waals surface area contributed by atoms with Gasteiger partial charge < -0.3 is 24.2 Å². The molecule has 0 radical (unpaired) electrons. The molecule has 0 aromatic heterocycles. The minimum absolute atomic E-state index is 0.0328. The maximum atomic E-state index is 14.7. The number of morpholine rings is 1. The molecule has 6 nitrogen and oxygen atoms in total. The molecule has 0 saturated carbocycles. The first-order valence-corrected chi connectivity index (χ1v) is 9.52. The zero-order valence-electron chi connectivity index (χ0n) is 16.7. The first-order valence-electron chi connectivity index (χ1n) is 9.52. The van der Waals surface area contributed by atoms with Crippen LogP contribution in [0.3, 0.4) is 0 Å². The van der Waals surface area contributed by atoms with Crippen molar-refractivity contribution in [1.29, 1.82) is 0 Å². The zero-order valence-corrected chi connectivity index (χ0v) is 16.7. The number of rotatable bonds is 4. The molecule has 1 aromatic carbocycles. The standard InChI is InChI=1S/C20H30FN3O3/c1-15(25)24(20(2,3)4)13-17-12-23(14-27-17)16-5-6-19(18(21)11-16)22-7-9-26-10-8-22/h5-6,11,17H,7-10,12-14H2,1-4H3. The Balaban J connectivity index is 1.64. The number of carbonyl (C=O) groups excluding carboxylic acids is 1. The van der Waals surface area contributed by atoms with Crippen LogP contribution in [0.2, 0.25) is 0 Å². The summed E-state index contributed by atoms with van der Waals surface area (Å²) < 4.78 is 25.9. The highest BCUT2D eigenvalue weighted by molar-refractivity contribution is 5.74. The van der Waals surface area contributed by atoms with E-state index >= 15 is 0 Å². The molecular formula is C20H30FN3O3. The smallest absolute Gasteiger partial charge is 0.219 e. The Morgan fingerprint density at radius 1 is 1.26 bits per heavy atom. The lowest BCUT2D eigenvalue weighted by Crippen LogP contribution is -2.48. The summed E-state index contributed by atoms with van der Waals surface area (Å²) in [7, 11) is 0. The summed E-state index contributed by atoms with van der Waals surface area (Å²) in [6, 6.07) is 5.34. The van der Waals surface area contributed by atoms with E-state index in [0.717, 1.165) is 5.69 Å². The van der Waals surface area contributed by atoms with Gasteiger partial charge in [-0.3, -0.25) is 4.79 Å². The Morgan fingerprint density at radius 3 is 2.56 bits per heavy atom. The van der Waals surface area contributed by atoms with Crippen molar-refractivity contribution >= 4 is 17.3 Å². The van der Waals surface area contributed by atoms with E-state index in [-0.39, 0.29) is 23.4 Å². The average molecular weight is 379 g/mol. The Hall–Kier alpha value is -1.86. The molecule has 2 saturated heterocycles. The number of carbonyl (C=O) groups is 1. The molecule has 3 rings (SSSR count). The minimum atomic E-state index is -0.255. The van der Waals surface area contributed by atoms with Gasteiger partial charge in [0.2, 0.25) is 5.91 Å². The van der Waals surface area contributed by atoms with Crippen molar-refractivity contribution in [3.8, 4) is 0 Å². The fourth-order valence-corrected chi connectivity index (χ4v) is 3.67. The fourth-order valence-electron chi connectivity index (χ4n) is 3.67. The predicted octanol–water partition coefficient (Wildman–Crippen LogP) is 2.47. The molecule has 1 aromatic rings. The van der Waals surface area contributed by atoms with Gasteiger partial charge in [0.25, 0.3) is 0 Å². The van der Waals surface area contributed by atoms with Gasteiger partial charge in [0.1, 0.15) is 12.5 Å². The summed E-state index contributed by atoms with van der Waals surface area (Å²) in [6.07, 6.45) is -0.0879. The number of ether oxygens (including phenoxy) is 2. The topological polar surface area (TPSA) is 45.3 Å². The summed E-state index contributed by atoms with van der Waals surface area (Å²) in [5.74, 6) is -0.191. The monoisotopic (exact) mass is 379 g/mol. The number of benzene rings is 1. The van der Waals surface area contributed by atoms with Crippen molar-refractivity contribution in [3.05, 3.63) is 24.0 Å². The van der Waals surface area contributed by atoms with E-state index in [0.29, 0.717) is 51.8 Å². The van der Waals surface area contributed by atoms with Crippen molar-refractivity contribution in [1.82, 2.24) is 4.90 Å². The molecule has 27 heavy (non-hydrogen) atoms. The zero-order chi connectivity index (χ0) is 19.6. The van der Waals surface area contributed by atoms with E-state index < -0.39 is 0 Å². The first-order chi connectivity index (χ1) is 12.8. The number of hydrogen-bond acceptors (Lipinski definition) is 5. The first kappa shape index (κ1) is 19.9. The van der Waals surface area contributed by atoms with E-state index in [1.807, 2.05) is 47.6 Å². The third kappa shape index (κ3) is 4.71. The minimum Gasteiger partial charge on any atom is -0.378 e. The van der Waals surface area contributed by atoms with Gasteiger partial charge >= 0.3 is 0 Å². The van der Waals surface area contributed by atoms with Gasteiger partial charge in [-0.25, -0.2) is 4.39 Å². The van der Waals surface area contributed by atoms with Crippen LogP contribution in [-0.2, 0) is 14.3 Å². The maximum absolute atomic E-state index is 14.7. The third-order valence-corrected chi connectivity index (χ3v) is 5.11. The molecule has 0 aliphatic carbocycles. The molecule has 0 bridgehead atoms. The summed E-state index contributed by atoms with van der Waals surface area (Å²) in [5.41, 5.74) is 1.17. The Bertz CT molecular complexity index is 671. The normalized spacial score (nSPS) is 20.9. The quantitative estimate of drug-likeness (QED) is 0.804. The Kier molecular flexibility index (Phi) is 5.91. The van der Waals surface area contributed by atoms with Crippen LogP contribution in [0.5, 0.6) is 0 Å². The lowest BCUT2D eigenvalue weighted by molar-refractivity contribution is -0.135. The van der Waals surface area contributed by atoms with Crippen LogP contribution < -0.4 is 9.80 Å². The Labute approximate surface area is 160 Å². The molecule has 2 heterocycles. The highest BCUT2D eigenvalue weighted by Gasteiger charge is 2.31. The van der Waals surface area contributed by atoms with Crippen molar-refractivity contribution in [3.63, 3.8) is 0 Å². The molecule has 1 unspecified atom stereocenters. The van der Waals surface area contributed by atoms with Gasteiger partial charge in [0.05, 0.1) is 25.0 Å². The largest absolute Gasteiger partial charge is 0.378 e. The van der Waals surface area contributed by atoms with Crippen LogP contribution >= 0.6 is 0 Å². The number of hydrogen-bond donors (Lipinski definition) is 0. The number of halogens is 1. The molecule has 0 spiro atoms. The predicted molar refractivity (Wildman–Crippen MR) is 104 cm³/mol. The van der Waals surface area contributed by atoms with Gasteiger partial charge in [-0.2, -0.15) is 0 Å². The molecule has 2 fully saturated rings. The lowest BCUT2D eigenvalue weighted by atomic mass is 10.1. The fraction of sp³-hybridized carbons (Fsp3) is 0.650. The van der Waals surface area contributed by atoms with E-state index in [1.54, 1.807) is 13.0 Å². The van der Waals surface area contributed by atoms with Crippen LogP contribution in [0.25, 0.3) is 0 Å². The highest BCUT2D eigenvalue weighted by atomic mass is 19.1. The summed E-state index contributed by atoms with van der Waals surface area (Å²) >= 11 is 0. The molecule has 1 amide bonds. The molecule has 2 aliphatic heterocycles. The molecule has 0 N–H and O–H groups in total. The molecule has 1 atom stereocenters. The van der Waals surface area contributed by atoms with Gasteiger partial charge in [0, 0.05) is 44.3 Å². The second kappa shape index (κ2) is 8.02. The highest BCUT2D eigenvalue weighted by Crippen LogP contribution is 2.28. The lowest BCUT2D eigenvalue weighted by Gasteiger charge is -2.36. The van der Waals surface area contributed by atoms with Gasteiger partial charge in [-0.1, -0.05) is 0 Å². The van der Waals surface area contributed by atoms with E-state index in [2.05, 4.69) is 0 Å². The molecule has 2 aliphatic rings. The number of amides is 1. The number of anilines is 2. The van der Waals surface area contributed by atoms with Crippen LogP contribution in [0, 0.1) is 5.82 Å². The van der Waals surface area contributed by atoms with Gasteiger partial charge in [-0.15, -0.1) is 0 Å². The van der Waals surface area contributed by atoms with Crippen LogP contribution in [0.15, 0.2) is 18.2 Å². The van der Waals surface area contributed by atoms with E-state index in [4.69, 9.17) is 9.47 Å². The summed E-state index contributed by atoms with van der Waals surface area (Å²) in [4.78, 5) is 17.8. The van der Waals surface area contributed by atoms with Crippen LogP contribution in [0.4, 0.5) is 15.8 Å². The van der Waals surface area contributed by atoms with Crippen LogP contribution in [-0.4, -0.2) is 68.6 Å². The molecular weight excluding hydrogens is 349 g/mol. The third-order valence-electron chi connectivity index (χ3n) is 5.11. The van der Waals surface area contributed by atoms with Crippen molar-refractivity contribution < 1.29 is 18.7 Å². The van der Waals surface area contributed by atoms with Crippen LogP contribution in [0.1, 0.15) is 27.7 Å². The molecule has 7 heteroatoms. The van der Waals surface area contributed by atoms with Gasteiger partial charge in [0.15, 0.2) is 0 Å². The van der Waals surface area contributed by atoms with E-state index in [9.17, 15) is 9.18 Å². The second-order valence-corrected chi connectivity index (χ2v) is 8.18. The van der Waals surface area contributed by atoms with Gasteiger partial charge in [-0.05, 0) is 39.0 Å². The number of nitrogens with zero attached hydrogens (tertiary/aromatic N) is 3.